The third-order valence-electron chi connectivity index (χ3n) is 4.49. The molecule has 3 aromatic rings. The number of nitrogens with one attached hydrogen (secondary N) is 1. The van der Waals surface area contributed by atoms with Gasteiger partial charge in [-0.3, -0.25) is 14.9 Å². The number of hydrogen-bond donors (Lipinski definition) is 1. The summed E-state index contributed by atoms with van der Waals surface area (Å²) < 4.78 is 0. The minimum Gasteiger partial charge on any atom is -0.324 e. The number of hydrogen-bond acceptors (Lipinski definition) is 7. The normalized spacial score (nSPS) is 13.3. The van der Waals surface area contributed by atoms with Gasteiger partial charge in [0.15, 0.2) is 0 Å². The number of amides is 1. The van der Waals surface area contributed by atoms with E-state index in [0.29, 0.717) is 5.69 Å². The first-order chi connectivity index (χ1) is 13.5. The Kier molecular flexibility index (Phi) is 5.47. The van der Waals surface area contributed by atoms with E-state index < -0.39 is 4.92 Å². The van der Waals surface area contributed by atoms with Crippen LogP contribution in [0, 0.1) is 10.1 Å². The molecule has 2 aromatic heterocycles. The molecule has 1 aliphatic rings. The molecule has 0 saturated carbocycles. The molecule has 0 fully saturated rings. The molecule has 144 valence electrons. The van der Waals surface area contributed by atoms with Crippen LogP contribution in [0.5, 0.6) is 0 Å². The number of carbonyl (C=O) groups is 1. The van der Waals surface area contributed by atoms with Crippen LogP contribution in [0.25, 0.3) is 10.2 Å². The first-order valence-corrected chi connectivity index (χ1v) is 10.8. The highest BCUT2D eigenvalue weighted by molar-refractivity contribution is 8.00. The first-order valence-electron chi connectivity index (χ1n) is 8.65. The van der Waals surface area contributed by atoms with Crippen molar-refractivity contribution < 1.29 is 9.72 Å². The molecule has 1 aliphatic carbocycles. The van der Waals surface area contributed by atoms with Crippen molar-refractivity contribution in [2.24, 2.45) is 0 Å². The van der Waals surface area contributed by atoms with Crippen molar-refractivity contribution >= 4 is 62.2 Å². The number of non-ortho nitro benzene ring substituents is 1. The van der Waals surface area contributed by atoms with Gasteiger partial charge in [0.2, 0.25) is 5.91 Å². The number of nitro groups is 1. The minimum atomic E-state index is -0.533. The van der Waals surface area contributed by atoms with Gasteiger partial charge in [0.25, 0.3) is 5.69 Å². The van der Waals surface area contributed by atoms with Gasteiger partial charge < -0.3 is 5.32 Å². The number of carbonyl (C=O) groups excluding carboxylic acids is 1. The second kappa shape index (κ2) is 8.02. The summed E-state index contributed by atoms with van der Waals surface area (Å²) in [7, 11) is 0. The number of fused-ring (bicyclic) bond motifs is 3. The Morgan fingerprint density at radius 1 is 1.32 bits per heavy atom. The quantitative estimate of drug-likeness (QED) is 0.266. The molecular formula is C18H15ClN4O3S2. The lowest BCUT2D eigenvalue weighted by Gasteiger charge is -2.11. The highest BCUT2D eigenvalue weighted by Gasteiger charge is 2.20. The number of aromatic nitrogens is 2. The number of thiophene rings is 1. The molecule has 10 heteroatoms. The Bertz CT molecular complexity index is 1090. The number of aryl methyl sites for hydroxylation is 2. The molecule has 28 heavy (non-hydrogen) atoms. The summed E-state index contributed by atoms with van der Waals surface area (Å²) in [6.07, 6.45) is 6.02. The summed E-state index contributed by atoms with van der Waals surface area (Å²) in [4.78, 5) is 33.7. The second-order valence-corrected chi connectivity index (χ2v) is 8.78. The van der Waals surface area contributed by atoms with Gasteiger partial charge in [0.05, 0.1) is 21.4 Å². The van der Waals surface area contributed by atoms with Crippen LogP contribution in [0.15, 0.2) is 29.6 Å². The highest BCUT2D eigenvalue weighted by atomic mass is 35.5. The van der Waals surface area contributed by atoms with E-state index in [2.05, 4.69) is 15.3 Å². The fraction of sp³-hybridized carbons (Fsp3) is 0.278. The Labute approximate surface area is 173 Å². The predicted octanol–water partition coefficient (Wildman–Crippen LogP) is 4.86. The maximum Gasteiger partial charge on any atom is 0.271 e. The van der Waals surface area contributed by atoms with E-state index in [1.54, 1.807) is 11.3 Å². The molecule has 0 spiro atoms. The Morgan fingerprint density at radius 3 is 2.93 bits per heavy atom. The summed E-state index contributed by atoms with van der Waals surface area (Å²) in [5.74, 6) is -0.0963. The molecule has 0 unspecified atom stereocenters. The van der Waals surface area contributed by atoms with Gasteiger partial charge in [0.1, 0.15) is 16.2 Å². The van der Waals surface area contributed by atoms with Gasteiger partial charge in [-0.1, -0.05) is 23.4 Å². The van der Waals surface area contributed by atoms with E-state index in [1.165, 1.54) is 53.1 Å². The summed E-state index contributed by atoms with van der Waals surface area (Å²) in [5.41, 5.74) is 1.55. The zero-order valence-electron chi connectivity index (χ0n) is 14.6. The number of nitro benzene ring substituents is 1. The molecule has 7 nitrogen and oxygen atoms in total. The maximum atomic E-state index is 12.4. The number of rotatable bonds is 5. The maximum absolute atomic E-state index is 12.4. The van der Waals surface area contributed by atoms with Crippen LogP contribution in [-0.2, 0) is 17.6 Å². The summed E-state index contributed by atoms with van der Waals surface area (Å²) in [5, 5.41) is 15.5. The molecule has 0 aliphatic heterocycles. The Hall–Kier alpha value is -2.23. The third-order valence-corrected chi connectivity index (χ3v) is 7.00. The lowest BCUT2D eigenvalue weighted by atomic mass is 9.97. The molecular weight excluding hydrogens is 420 g/mol. The number of benzene rings is 1. The standard InChI is InChI=1S/C18H15ClN4O3S2/c19-12-7-10(23(25)26)5-6-13(12)22-15(24)8-27-17-16-11-3-1-2-4-14(11)28-18(16)21-9-20-17/h5-7,9H,1-4,8H2,(H,22,24). The van der Waals surface area contributed by atoms with Crippen LogP contribution in [0.3, 0.4) is 0 Å². The van der Waals surface area contributed by atoms with E-state index in [9.17, 15) is 14.9 Å². The smallest absolute Gasteiger partial charge is 0.271 e. The number of anilines is 1. The molecule has 1 N–H and O–H groups in total. The molecule has 0 saturated heterocycles. The van der Waals surface area contributed by atoms with E-state index in [-0.39, 0.29) is 22.4 Å². The van der Waals surface area contributed by atoms with Crippen molar-refractivity contribution in [3.63, 3.8) is 0 Å². The van der Waals surface area contributed by atoms with Gasteiger partial charge in [0, 0.05) is 22.4 Å². The topological polar surface area (TPSA) is 98.0 Å². The fourth-order valence-electron chi connectivity index (χ4n) is 3.21. The van der Waals surface area contributed by atoms with Crippen LogP contribution in [0.1, 0.15) is 23.3 Å². The second-order valence-electron chi connectivity index (χ2n) is 6.33. The van der Waals surface area contributed by atoms with Crippen molar-refractivity contribution in [1.82, 2.24) is 9.97 Å². The number of nitrogens with zero attached hydrogens (tertiary/aromatic N) is 3. The summed E-state index contributed by atoms with van der Waals surface area (Å²) >= 11 is 9.11. The number of halogens is 1. The average molecular weight is 435 g/mol. The zero-order chi connectivity index (χ0) is 19.7. The Morgan fingerprint density at radius 2 is 2.14 bits per heavy atom. The van der Waals surface area contributed by atoms with Gasteiger partial charge >= 0.3 is 0 Å². The van der Waals surface area contributed by atoms with Crippen LogP contribution in [-0.4, -0.2) is 26.6 Å². The van der Waals surface area contributed by atoms with Crippen LogP contribution in [0.2, 0.25) is 5.02 Å². The lowest BCUT2D eigenvalue weighted by Crippen LogP contribution is -2.14. The minimum absolute atomic E-state index is 0.122. The van der Waals surface area contributed by atoms with E-state index in [0.717, 1.165) is 34.5 Å². The third kappa shape index (κ3) is 3.82. The van der Waals surface area contributed by atoms with Crippen molar-refractivity contribution in [3.05, 3.63) is 50.1 Å². The predicted molar refractivity (Wildman–Crippen MR) is 112 cm³/mol. The van der Waals surface area contributed by atoms with E-state index in [4.69, 9.17) is 11.6 Å². The summed E-state index contributed by atoms with van der Waals surface area (Å²) in [6.45, 7) is 0. The molecule has 1 aromatic carbocycles. The Balaban J connectivity index is 1.48. The van der Waals surface area contributed by atoms with Crippen molar-refractivity contribution in [2.75, 3.05) is 11.1 Å². The van der Waals surface area contributed by atoms with Crippen LogP contribution in [0.4, 0.5) is 11.4 Å². The monoisotopic (exact) mass is 434 g/mol. The van der Waals surface area contributed by atoms with Crippen molar-refractivity contribution in [1.29, 1.82) is 0 Å². The van der Waals surface area contributed by atoms with Crippen LogP contribution >= 0.6 is 34.7 Å². The lowest BCUT2D eigenvalue weighted by molar-refractivity contribution is -0.384. The highest BCUT2D eigenvalue weighted by Crippen LogP contribution is 2.39. The molecule has 0 atom stereocenters. The van der Waals surface area contributed by atoms with E-state index >= 15 is 0 Å². The van der Waals surface area contributed by atoms with Gasteiger partial charge in [-0.2, -0.15) is 0 Å². The molecule has 0 radical (unpaired) electrons. The van der Waals surface area contributed by atoms with Crippen LogP contribution < -0.4 is 5.32 Å². The van der Waals surface area contributed by atoms with Crippen molar-refractivity contribution in [3.8, 4) is 0 Å². The van der Waals surface area contributed by atoms with Gasteiger partial charge in [-0.15, -0.1) is 11.3 Å². The average Bonchev–Trinajstić information content (AvgIpc) is 3.07. The van der Waals surface area contributed by atoms with Gasteiger partial charge in [-0.25, -0.2) is 9.97 Å². The van der Waals surface area contributed by atoms with Gasteiger partial charge in [-0.05, 0) is 37.3 Å². The van der Waals surface area contributed by atoms with Crippen molar-refractivity contribution in [2.45, 2.75) is 30.7 Å². The zero-order valence-corrected chi connectivity index (χ0v) is 17.0. The fourth-order valence-corrected chi connectivity index (χ4v) is 5.55. The summed E-state index contributed by atoms with van der Waals surface area (Å²) in [6, 6.07) is 3.96. The molecule has 1 amide bonds. The number of thioether (sulfide) groups is 1. The molecule has 4 rings (SSSR count). The first kappa shape index (κ1) is 19.1. The molecule has 0 bridgehead atoms. The SMILES string of the molecule is O=C(CSc1ncnc2sc3c(c12)CCCC3)Nc1ccc([N+](=O)[O-])cc1Cl. The molecule has 2 heterocycles. The largest absolute Gasteiger partial charge is 0.324 e. The van der Waals surface area contributed by atoms with E-state index in [1.807, 2.05) is 0 Å².